The van der Waals surface area contributed by atoms with Crippen LogP contribution in [0.5, 0.6) is 0 Å². The van der Waals surface area contributed by atoms with Crippen LogP contribution < -0.4 is 0 Å². The molecule has 0 radical (unpaired) electrons. The van der Waals surface area contributed by atoms with Crippen molar-refractivity contribution >= 4 is 15.7 Å². The molecule has 0 aromatic heterocycles. The fourth-order valence-electron chi connectivity index (χ4n) is 2.92. The molecule has 2 fully saturated rings. The van der Waals surface area contributed by atoms with Crippen LogP contribution in [0.1, 0.15) is 39.0 Å². The number of carbonyl (C=O) groups excluding carboxylic acids is 1. The highest BCUT2D eigenvalue weighted by Gasteiger charge is 2.32. The van der Waals surface area contributed by atoms with Gasteiger partial charge in [-0.05, 0) is 38.5 Å². The lowest BCUT2D eigenvalue weighted by atomic mass is 9.98. The fourth-order valence-corrected chi connectivity index (χ4v) is 4.78. The number of sulfone groups is 1. The molecule has 19 heavy (non-hydrogen) atoms. The van der Waals surface area contributed by atoms with Crippen molar-refractivity contribution in [3.05, 3.63) is 0 Å². The second-order valence-corrected chi connectivity index (χ2v) is 8.43. The Labute approximate surface area is 114 Å². The van der Waals surface area contributed by atoms with Crippen LogP contribution in [0.2, 0.25) is 0 Å². The van der Waals surface area contributed by atoms with E-state index in [-0.39, 0.29) is 23.3 Å². The largest absolute Gasteiger partial charge is 0.390 e. The molecule has 110 valence electrons. The molecular formula is C13H23NO4S. The van der Waals surface area contributed by atoms with Crippen LogP contribution in [-0.2, 0) is 14.6 Å². The van der Waals surface area contributed by atoms with Gasteiger partial charge in [-0.1, -0.05) is 0 Å². The van der Waals surface area contributed by atoms with E-state index in [9.17, 15) is 18.3 Å². The molecule has 2 rings (SSSR count). The maximum absolute atomic E-state index is 12.2. The summed E-state index contributed by atoms with van der Waals surface area (Å²) in [4.78, 5) is 14.0. The van der Waals surface area contributed by atoms with E-state index in [1.165, 1.54) is 0 Å². The molecule has 0 aromatic carbocycles. The highest BCUT2D eigenvalue weighted by molar-refractivity contribution is 7.91. The number of hydrogen-bond acceptors (Lipinski definition) is 4. The molecule has 0 bridgehead atoms. The van der Waals surface area contributed by atoms with Crippen molar-refractivity contribution in [2.24, 2.45) is 5.92 Å². The van der Waals surface area contributed by atoms with Crippen molar-refractivity contribution in [1.82, 2.24) is 4.90 Å². The van der Waals surface area contributed by atoms with Gasteiger partial charge >= 0.3 is 0 Å². The summed E-state index contributed by atoms with van der Waals surface area (Å²) in [6.07, 6.45) is 3.07. The molecule has 2 heterocycles. The number of aliphatic hydroxyl groups is 1. The van der Waals surface area contributed by atoms with Gasteiger partial charge in [0.15, 0.2) is 9.84 Å². The van der Waals surface area contributed by atoms with E-state index in [1.807, 2.05) is 6.92 Å². The van der Waals surface area contributed by atoms with E-state index < -0.39 is 15.4 Å². The molecule has 2 aliphatic rings. The summed E-state index contributed by atoms with van der Waals surface area (Å²) in [6, 6.07) is 0. The Bertz CT molecular complexity index is 444. The van der Waals surface area contributed by atoms with Crippen molar-refractivity contribution in [3.8, 4) is 0 Å². The second-order valence-electron chi connectivity index (χ2n) is 6.20. The van der Waals surface area contributed by atoms with Gasteiger partial charge in [-0.15, -0.1) is 0 Å². The van der Waals surface area contributed by atoms with E-state index in [0.717, 1.165) is 6.42 Å². The quantitative estimate of drug-likeness (QED) is 0.806. The average molecular weight is 289 g/mol. The molecule has 1 N–H and O–H groups in total. The molecule has 6 heteroatoms. The lowest BCUT2D eigenvalue weighted by Crippen LogP contribution is -2.34. The minimum absolute atomic E-state index is 0.0127. The van der Waals surface area contributed by atoms with Crippen LogP contribution >= 0.6 is 0 Å². The molecule has 1 amide bonds. The molecule has 2 unspecified atom stereocenters. The highest BCUT2D eigenvalue weighted by atomic mass is 32.2. The standard InChI is InChI=1S/C13H23NO4S/c1-13(16)4-2-6-14(7-5-13)12(15)9-11-3-8-19(17,18)10-11/h11,16H,2-10H2,1H3. The summed E-state index contributed by atoms with van der Waals surface area (Å²) >= 11 is 0. The van der Waals surface area contributed by atoms with Gasteiger partial charge in [0, 0.05) is 19.5 Å². The number of hydrogen-bond donors (Lipinski definition) is 1. The third kappa shape index (κ3) is 4.18. The van der Waals surface area contributed by atoms with Gasteiger partial charge in [0.2, 0.25) is 5.91 Å². The van der Waals surface area contributed by atoms with Gasteiger partial charge in [0.25, 0.3) is 0 Å². The predicted molar refractivity (Wildman–Crippen MR) is 72.4 cm³/mol. The van der Waals surface area contributed by atoms with Gasteiger partial charge in [-0.25, -0.2) is 8.42 Å². The topological polar surface area (TPSA) is 74.7 Å². The molecule has 0 saturated carbocycles. The third-order valence-electron chi connectivity index (χ3n) is 4.21. The van der Waals surface area contributed by atoms with Crippen molar-refractivity contribution in [3.63, 3.8) is 0 Å². The van der Waals surface area contributed by atoms with Crippen LogP contribution in [0.4, 0.5) is 0 Å². The van der Waals surface area contributed by atoms with Crippen molar-refractivity contribution in [2.45, 2.75) is 44.6 Å². The van der Waals surface area contributed by atoms with Crippen molar-refractivity contribution in [2.75, 3.05) is 24.6 Å². The smallest absolute Gasteiger partial charge is 0.222 e. The van der Waals surface area contributed by atoms with E-state index in [1.54, 1.807) is 4.90 Å². The summed E-state index contributed by atoms with van der Waals surface area (Å²) < 4.78 is 22.8. The molecule has 2 saturated heterocycles. The average Bonchev–Trinajstić information content (AvgIpc) is 2.52. The SMILES string of the molecule is CC1(O)CCCN(C(=O)CC2CCS(=O)(=O)C2)CC1. The normalized spacial score (nSPS) is 35.1. The van der Waals surface area contributed by atoms with Gasteiger partial charge in [-0.2, -0.15) is 0 Å². The van der Waals surface area contributed by atoms with Crippen LogP contribution in [0, 0.1) is 5.92 Å². The van der Waals surface area contributed by atoms with Gasteiger partial charge in [0.05, 0.1) is 17.1 Å². The summed E-state index contributed by atoms with van der Waals surface area (Å²) in [6.45, 7) is 3.06. The molecule has 2 aliphatic heterocycles. The van der Waals surface area contributed by atoms with Crippen molar-refractivity contribution in [1.29, 1.82) is 0 Å². The lowest BCUT2D eigenvalue weighted by molar-refractivity contribution is -0.132. The minimum Gasteiger partial charge on any atom is -0.390 e. The number of nitrogens with zero attached hydrogens (tertiary/aromatic N) is 1. The van der Waals surface area contributed by atoms with Crippen LogP contribution in [0.3, 0.4) is 0 Å². The second kappa shape index (κ2) is 5.40. The van der Waals surface area contributed by atoms with Crippen LogP contribution in [-0.4, -0.2) is 54.5 Å². The molecule has 2 atom stereocenters. The first-order valence-corrected chi connectivity index (χ1v) is 8.80. The number of rotatable bonds is 2. The van der Waals surface area contributed by atoms with Gasteiger partial charge < -0.3 is 10.0 Å². The third-order valence-corrected chi connectivity index (χ3v) is 6.04. The zero-order valence-corrected chi connectivity index (χ0v) is 12.3. The van der Waals surface area contributed by atoms with Gasteiger partial charge in [0.1, 0.15) is 0 Å². The minimum atomic E-state index is -2.91. The van der Waals surface area contributed by atoms with E-state index in [0.29, 0.717) is 38.8 Å². The van der Waals surface area contributed by atoms with Gasteiger partial charge in [-0.3, -0.25) is 4.79 Å². The first-order chi connectivity index (χ1) is 8.77. The first kappa shape index (κ1) is 14.8. The number of amides is 1. The Morgan fingerprint density at radius 3 is 2.74 bits per heavy atom. The Morgan fingerprint density at radius 2 is 2.11 bits per heavy atom. The summed E-state index contributed by atoms with van der Waals surface area (Å²) in [5.41, 5.74) is -0.675. The summed E-state index contributed by atoms with van der Waals surface area (Å²) in [7, 11) is -2.91. The zero-order valence-electron chi connectivity index (χ0n) is 11.5. The fraction of sp³-hybridized carbons (Fsp3) is 0.923. The summed E-state index contributed by atoms with van der Waals surface area (Å²) in [5, 5.41) is 9.99. The maximum atomic E-state index is 12.2. The zero-order chi connectivity index (χ0) is 14.1. The predicted octanol–water partition coefficient (Wildman–Crippen LogP) is 0.575. The molecule has 5 nitrogen and oxygen atoms in total. The summed E-state index contributed by atoms with van der Waals surface area (Å²) in [5.74, 6) is 0.408. The lowest BCUT2D eigenvalue weighted by Gasteiger charge is -2.23. The van der Waals surface area contributed by atoms with E-state index in [2.05, 4.69) is 0 Å². The molecular weight excluding hydrogens is 266 g/mol. The Hall–Kier alpha value is -0.620. The number of carbonyl (C=O) groups is 1. The Balaban J connectivity index is 1.87. The maximum Gasteiger partial charge on any atom is 0.222 e. The molecule has 0 spiro atoms. The Kier molecular flexibility index (Phi) is 4.20. The van der Waals surface area contributed by atoms with Crippen molar-refractivity contribution < 1.29 is 18.3 Å². The highest BCUT2D eigenvalue weighted by Crippen LogP contribution is 2.25. The van der Waals surface area contributed by atoms with Crippen LogP contribution in [0.25, 0.3) is 0 Å². The van der Waals surface area contributed by atoms with E-state index in [4.69, 9.17) is 0 Å². The first-order valence-electron chi connectivity index (χ1n) is 6.98. The van der Waals surface area contributed by atoms with Crippen LogP contribution in [0.15, 0.2) is 0 Å². The molecule has 0 aromatic rings. The molecule has 0 aliphatic carbocycles. The number of likely N-dealkylation sites (tertiary alicyclic amines) is 1. The van der Waals surface area contributed by atoms with E-state index >= 15 is 0 Å². The monoisotopic (exact) mass is 289 g/mol. The Morgan fingerprint density at radius 1 is 1.37 bits per heavy atom.